The standard InChI is InChI=1S/C25H34N4O4/c1-19(22-15-21(32-2)9-10-23(22)33-3)27-25(31)18-29-13-11-28(12-14-29)17-24(30)26-16-20-7-5-4-6-8-20/h4-10,15,19H,11-14,16-18H2,1-3H3,(H,26,30)(H,27,31). The van der Waals surface area contributed by atoms with E-state index in [1.54, 1.807) is 14.2 Å². The fourth-order valence-electron chi connectivity index (χ4n) is 3.91. The third-order valence-corrected chi connectivity index (χ3v) is 5.81. The first-order chi connectivity index (χ1) is 16.0. The fraction of sp³-hybridized carbons (Fsp3) is 0.440. The average Bonchev–Trinajstić information content (AvgIpc) is 2.84. The van der Waals surface area contributed by atoms with Crippen LogP contribution in [0.25, 0.3) is 0 Å². The number of carbonyl (C=O) groups excluding carboxylic acids is 2. The van der Waals surface area contributed by atoms with Gasteiger partial charge in [0.05, 0.1) is 33.4 Å². The number of nitrogens with zero attached hydrogens (tertiary/aromatic N) is 2. The lowest BCUT2D eigenvalue weighted by Crippen LogP contribution is -2.51. The van der Waals surface area contributed by atoms with Crippen molar-refractivity contribution in [2.24, 2.45) is 0 Å². The minimum Gasteiger partial charge on any atom is -0.497 e. The highest BCUT2D eigenvalue weighted by atomic mass is 16.5. The van der Waals surface area contributed by atoms with Crippen molar-refractivity contribution in [1.82, 2.24) is 20.4 Å². The maximum atomic E-state index is 12.6. The first-order valence-electron chi connectivity index (χ1n) is 11.2. The highest BCUT2D eigenvalue weighted by molar-refractivity contribution is 5.79. The van der Waals surface area contributed by atoms with Crippen LogP contribution in [0.4, 0.5) is 0 Å². The molecule has 3 rings (SSSR count). The molecule has 0 spiro atoms. The van der Waals surface area contributed by atoms with Crippen LogP contribution in [0.3, 0.4) is 0 Å². The molecule has 1 aliphatic rings. The van der Waals surface area contributed by atoms with Gasteiger partial charge >= 0.3 is 0 Å². The SMILES string of the molecule is COc1ccc(OC)c(C(C)NC(=O)CN2CCN(CC(=O)NCc3ccccc3)CC2)c1. The Kier molecular flexibility index (Phi) is 9.09. The van der Waals surface area contributed by atoms with Crippen LogP contribution >= 0.6 is 0 Å². The van der Waals surface area contributed by atoms with Gasteiger partial charge < -0.3 is 20.1 Å². The Morgan fingerprint density at radius 2 is 1.55 bits per heavy atom. The van der Waals surface area contributed by atoms with Gasteiger partial charge in [0, 0.05) is 38.3 Å². The Balaban J connectivity index is 1.40. The van der Waals surface area contributed by atoms with Gasteiger partial charge in [0.15, 0.2) is 0 Å². The minimum absolute atomic E-state index is 0.0195. The summed E-state index contributed by atoms with van der Waals surface area (Å²) in [4.78, 5) is 29.1. The number of piperazine rings is 1. The summed E-state index contributed by atoms with van der Waals surface area (Å²) in [6.07, 6.45) is 0. The summed E-state index contributed by atoms with van der Waals surface area (Å²) in [5, 5.41) is 6.02. The van der Waals surface area contributed by atoms with Crippen LogP contribution in [0.2, 0.25) is 0 Å². The van der Waals surface area contributed by atoms with Gasteiger partial charge in [-0.25, -0.2) is 0 Å². The first-order valence-corrected chi connectivity index (χ1v) is 11.2. The molecule has 0 saturated carbocycles. The number of ether oxygens (including phenoxy) is 2. The predicted molar refractivity (Wildman–Crippen MR) is 127 cm³/mol. The van der Waals surface area contributed by atoms with Crippen LogP contribution < -0.4 is 20.1 Å². The smallest absolute Gasteiger partial charge is 0.234 e. The normalized spacial score (nSPS) is 15.5. The Labute approximate surface area is 195 Å². The molecule has 1 heterocycles. The van der Waals surface area contributed by atoms with E-state index in [4.69, 9.17) is 9.47 Å². The third kappa shape index (κ3) is 7.47. The summed E-state index contributed by atoms with van der Waals surface area (Å²) >= 11 is 0. The Hall–Kier alpha value is -3.10. The van der Waals surface area contributed by atoms with Crippen LogP contribution in [0.5, 0.6) is 11.5 Å². The predicted octanol–water partition coefficient (Wildman–Crippen LogP) is 1.82. The third-order valence-electron chi connectivity index (χ3n) is 5.81. The summed E-state index contributed by atoms with van der Waals surface area (Å²) in [6, 6.07) is 15.2. The number of amides is 2. The zero-order chi connectivity index (χ0) is 23.6. The molecule has 1 saturated heterocycles. The van der Waals surface area contributed by atoms with E-state index in [1.165, 1.54) is 0 Å². The topological polar surface area (TPSA) is 83.1 Å². The molecule has 8 nitrogen and oxygen atoms in total. The number of benzene rings is 2. The van der Waals surface area contributed by atoms with E-state index in [2.05, 4.69) is 20.4 Å². The van der Waals surface area contributed by atoms with Gasteiger partial charge in [-0.3, -0.25) is 19.4 Å². The number of hydrogen-bond acceptors (Lipinski definition) is 6. The monoisotopic (exact) mass is 454 g/mol. The van der Waals surface area contributed by atoms with Crippen molar-refractivity contribution in [3.63, 3.8) is 0 Å². The molecule has 0 aromatic heterocycles. The van der Waals surface area contributed by atoms with E-state index in [-0.39, 0.29) is 17.9 Å². The molecule has 178 valence electrons. The molecule has 8 heteroatoms. The zero-order valence-corrected chi connectivity index (χ0v) is 19.7. The lowest BCUT2D eigenvalue weighted by molar-refractivity contribution is -0.125. The van der Waals surface area contributed by atoms with Gasteiger partial charge in [0.1, 0.15) is 11.5 Å². The fourth-order valence-corrected chi connectivity index (χ4v) is 3.91. The highest BCUT2D eigenvalue weighted by Crippen LogP contribution is 2.29. The van der Waals surface area contributed by atoms with E-state index in [0.717, 1.165) is 43.1 Å². The van der Waals surface area contributed by atoms with Crippen molar-refractivity contribution in [2.45, 2.75) is 19.5 Å². The van der Waals surface area contributed by atoms with Crippen molar-refractivity contribution in [3.8, 4) is 11.5 Å². The van der Waals surface area contributed by atoms with Crippen LogP contribution in [0, 0.1) is 0 Å². The Morgan fingerprint density at radius 3 is 2.15 bits per heavy atom. The van der Waals surface area contributed by atoms with Gasteiger partial charge in [-0.1, -0.05) is 30.3 Å². The summed E-state index contributed by atoms with van der Waals surface area (Å²) in [5.41, 5.74) is 1.96. The van der Waals surface area contributed by atoms with Crippen LogP contribution in [0.1, 0.15) is 24.1 Å². The molecule has 2 aromatic rings. The average molecular weight is 455 g/mol. The molecule has 2 N–H and O–H groups in total. The van der Waals surface area contributed by atoms with Crippen LogP contribution in [-0.4, -0.2) is 75.1 Å². The van der Waals surface area contributed by atoms with Crippen molar-refractivity contribution in [1.29, 1.82) is 0 Å². The van der Waals surface area contributed by atoms with Crippen molar-refractivity contribution < 1.29 is 19.1 Å². The largest absolute Gasteiger partial charge is 0.497 e. The lowest BCUT2D eigenvalue weighted by Gasteiger charge is -2.34. The molecule has 1 unspecified atom stereocenters. The molecule has 33 heavy (non-hydrogen) atoms. The number of hydrogen-bond donors (Lipinski definition) is 2. The molecule has 1 fully saturated rings. The van der Waals surface area contributed by atoms with E-state index >= 15 is 0 Å². The number of carbonyl (C=O) groups is 2. The number of nitrogens with one attached hydrogen (secondary N) is 2. The van der Waals surface area contributed by atoms with Gasteiger partial charge in [-0.05, 0) is 30.7 Å². The molecule has 2 aromatic carbocycles. The van der Waals surface area contributed by atoms with Gasteiger partial charge in [0.25, 0.3) is 0 Å². The van der Waals surface area contributed by atoms with Crippen LogP contribution in [0.15, 0.2) is 48.5 Å². The Morgan fingerprint density at radius 1 is 0.909 bits per heavy atom. The van der Waals surface area contributed by atoms with Gasteiger partial charge in [-0.15, -0.1) is 0 Å². The molecule has 2 amide bonds. The van der Waals surface area contributed by atoms with E-state index in [1.807, 2.05) is 55.5 Å². The van der Waals surface area contributed by atoms with Crippen molar-refractivity contribution in [2.75, 3.05) is 53.5 Å². The van der Waals surface area contributed by atoms with Crippen LogP contribution in [-0.2, 0) is 16.1 Å². The molecule has 0 bridgehead atoms. The van der Waals surface area contributed by atoms with Gasteiger partial charge in [0.2, 0.25) is 11.8 Å². The molecular formula is C25H34N4O4. The molecular weight excluding hydrogens is 420 g/mol. The number of rotatable bonds is 10. The second kappa shape index (κ2) is 12.2. The minimum atomic E-state index is -0.211. The maximum Gasteiger partial charge on any atom is 0.234 e. The van der Waals surface area contributed by atoms with Crippen molar-refractivity contribution >= 4 is 11.8 Å². The molecule has 0 radical (unpaired) electrons. The lowest BCUT2D eigenvalue weighted by atomic mass is 10.1. The quantitative estimate of drug-likeness (QED) is 0.570. The second-order valence-corrected chi connectivity index (χ2v) is 8.21. The number of methoxy groups -OCH3 is 2. The van der Waals surface area contributed by atoms with E-state index in [9.17, 15) is 9.59 Å². The molecule has 0 aliphatic carbocycles. The summed E-state index contributed by atoms with van der Waals surface area (Å²) < 4.78 is 10.7. The van der Waals surface area contributed by atoms with E-state index in [0.29, 0.717) is 25.4 Å². The van der Waals surface area contributed by atoms with Crippen molar-refractivity contribution in [3.05, 3.63) is 59.7 Å². The second-order valence-electron chi connectivity index (χ2n) is 8.21. The van der Waals surface area contributed by atoms with Gasteiger partial charge in [-0.2, -0.15) is 0 Å². The Bertz CT molecular complexity index is 914. The summed E-state index contributed by atoms with van der Waals surface area (Å²) in [5.74, 6) is 1.41. The molecule has 1 atom stereocenters. The first kappa shape index (κ1) is 24.5. The summed E-state index contributed by atoms with van der Waals surface area (Å²) in [7, 11) is 3.22. The van der Waals surface area contributed by atoms with E-state index < -0.39 is 0 Å². The highest BCUT2D eigenvalue weighted by Gasteiger charge is 2.22. The summed E-state index contributed by atoms with van der Waals surface area (Å²) in [6.45, 7) is 6.17. The molecule has 1 aliphatic heterocycles. The zero-order valence-electron chi connectivity index (χ0n) is 19.7. The maximum absolute atomic E-state index is 12.6.